The van der Waals surface area contributed by atoms with E-state index in [1.54, 1.807) is 12.3 Å². The fraction of sp³-hybridized carbons (Fsp3) is 0.500. The van der Waals surface area contributed by atoms with Crippen LogP contribution in [0.4, 0.5) is 5.82 Å². The van der Waals surface area contributed by atoms with E-state index >= 15 is 0 Å². The topological polar surface area (TPSA) is 88.3 Å². The molecule has 0 radical (unpaired) electrons. The lowest BCUT2D eigenvalue weighted by atomic mass is 10.3. The van der Waals surface area contributed by atoms with Crippen molar-refractivity contribution in [2.75, 3.05) is 24.6 Å². The number of nitrogens with one attached hydrogen (secondary N) is 1. The first-order valence-corrected chi connectivity index (χ1v) is 7.82. The van der Waals surface area contributed by atoms with Gasteiger partial charge >= 0.3 is 0 Å². The number of hydrogen-bond acceptors (Lipinski definition) is 5. The second-order valence-electron chi connectivity index (χ2n) is 4.84. The SMILES string of the molecule is CCN(CC(=O)NC(C)C)C(=O)CSc1ccc(N)nc1. The zero-order valence-corrected chi connectivity index (χ0v) is 13.4. The summed E-state index contributed by atoms with van der Waals surface area (Å²) < 4.78 is 0. The molecule has 1 heterocycles. The van der Waals surface area contributed by atoms with E-state index < -0.39 is 0 Å². The first kappa shape index (κ1) is 17.3. The van der Waals surface area contributed by atoms with E-state index in [9.17, 15) is 9.59 Å². The summed E-state index contributed by atoms with van der Waals surface area (Å²) in [4.78, 5) is 30.2. The number of aromatic nitrogens is 1. The van der Waals surface area contributed by atoms with Gasteiger partial charge in [0.2, 0.25) is 11.8 Å². The maximum Gasteiger partial charge on any atom is 0.239 e. The number of nitrogen functional groups attached to an aromatic ring is 1. The number of hydrogen-bond donors (Lipinski definition) is 2. The molecule has 0 aliphatic carbocycles. The number of carbonyl (C=O) groups excluding carboxylic acids is 2. The molecule has 0 aliphatic heterocycles. The van der Waals surface area contributed by atoms with E-state index in [2.05, 4.69) is 10.3 Å². The Morgan fingerprint density at radius 3 is 2.67 bits per heavy atom. The molecule has 0 atom stereocenters. The van der Waals surface area contributed by atoms with Crippen LogP contribution in [0.5, 0.6) is 0 Å². The van der Waals surface area contributed by atoms with Crippen LogP contribution in [0.25, 0.3) is 0 Å². The van der Waals surface area contributed by atoms with Crippen LogP contribution in [-0.4, -0.2) is 46.6 Å². The van der Waals surface area contributed by atoms with Gasteiger partial charge in [-0.15, -0.1) is 11.8 Å². The maximum absolute atomic E-state index is 12.1. The third-order valence-electron chi connectivity index (χ3n) is 2.64. The normalized spacial score (nSPS) is 10.5. The molecule has 1 aromatic rings. The van der Waals surface area contributed by atoms with Crippen LogP contribution in [0, 0.1) is 0 Å². The summed E-state index contributed by atoms with van der Waals surface area (Å²) in [5.74, 6) is 0.512. The van der Waals surface area contributed by atoms with Crippen molar-refractivity contribution in [1.82, 2.24) is 15.2 Å². The number of nitrogens with two attached hydrogens (primary N) is 1. The first-order chi connectivity index (χ1) is 9.92. The largest absolute Gasteiger partial charge is 0.384 e. The highest BCUT2D eigenvalue weighted by atomic mass is 32.2. The standard InChI is InChI=1S/C14H22N4O2S/c1-4-18(8-13(19)17-10(2)3)14(20)9-21-11-5-6-12(15)16-7-11/h5-7,10H,4,8-9H2,1-3H3,(H2,15,16)(H,17,19). The highest BCUT2D eigenvalue weighted by Gasteiger charge is 2.16. The Morgan fingerprint density at radius 2 is 2.14 bits per heavy atom. The molecule has 21 heavy (non-hydrogen) atoms. The van der Waals surface area contributed by atoms with Crippen molar-refractivity contribution in [2.24, 2.45) is 0 Å². The number of rotatable bonds is 7. The summed E-state index contributed by atoms with van der Waals surface area (Å²) in [5, 5.41) is 2.78. The van der Waals surface area contributed by atoms with Crippen LogP contribution in [-0.2, 0) is 9.59 Å². The zero-order valence-electron chi connectivity index (χ0n) is 12.6. The van der Waals surface area contributed by atoms with Crippen molar-refractivity contribution < 1.29 is 9.59 Å². The van der Waals surface area contributed by atoms with Crippen LogP contribution in [0.3, 0.4) is 0 Å². The quantitative estimate of drug-likeness (QED) is 0.737. The summed E-state index contributed by atoms with van der Waals surface area (Å²) in [6.45, 7) is 6.23. The van der Waals surface area contributed by atoms with Crippen molar-refractivity contribution in [1.29, 1.82) is 0 Å². The van der Waals surface area contributed by atoms with E-state index in [0.29, 0.717) is 12.4 Å². The number of anilines is 1. The van der Waals surface area contributed by atoms with Gasteiger partial charge in [0.15, 0.2) is 0 Å². The van der Waals surface area contributed by atoms with E-state index in [0.717, 1.165) is 4.90 Å². The molecule has 0 saturated heterocycles. The molecule has 2 amide bonds. The van der Waals surface area contributed by atoms with Crippen LogP contribution < -0.4 is 11.1 Å². The predicted molar refractivity (Wildman–Crippen MR) is 84.9 cm³/mol. The Kier molecular flexibility index (Phi) is 7.01. The molecule has 116 valence electrons. The van der Waals surface area contributed by atoms with E-state index in [4.69, 9.17) is 5.73 Å². The minimum absolute atomic E-state index is 0.0709. The molecule has 0 saturated carbocycles. The second kappa shape index (κ2) is 8.51. The van der Waals surface area contributed by atoms with E-state index in [-0.39, 0.29) is 30.2 Å². The zero-order chi connectivity index (χ0) is 15.8. The fourth-order valence-electron chi connectivity index (χ4n) is 1.63. The summed E-state index contributed by atoms with van der Waals surface area (Å²) >= 11 is 1.38. The molecule has 1 aromatic heterocycles. The van der Waals surface area contributed by atoms with Gasteiger partial charge in [0.05, 0.1) is 12.3 Å². The van der Waals surface area contributed by atoms with Gasteiger partial charge in [0.1, 0.15) is 5.82 Å². The van der Waals surface area contributed by atoms with Crippen LogP contribution in [0.2, 0.25) is 0 Å². The lowest BCUT2D eigenvalue weighted by Crippen LogP contribution is -2.43. The van der Waals surface area contributed by atoms with Gasteiger partial charge in [-0.1, -0.05) is 0 Å². The van der Waals surface area contributed by atoms with E-state index in [1.165, 1.54) is 16.7 Å². The highest BCUT2D eigenvalue weighted by molar-refractivity contribution is 8.00. The third kappa shape index (κ3) is 6.48. The fourth-order valence-corrected chi connectivity index (χ4v) is 2.39. The number of nitrogens with zero attached hydrogens (tertiary/aromatic N) is 2. The average Bonchev–Trinajstić information content (AvgIpc) is 2.43. The predicted octanol–water partition coefficient (Wildman–Crippen LogP) is 1.13. The Bertz CT molecular complexity index is 476. The summed E-state index contributed by atoms with van der Waals surface area (Å²) in [6, 6.07) is 3.59. The lowest BCUT2D eigenvalue weighted by molar-refractivity contribution is -0.134. The molecular weight excluding hydrogens is 288 g/mol. The smallest absolute Gasteiger partial charge is 0.239 e. The number of likely N-dealkylation sites (N-methyl/N-ethyl adjacent to an activating group) is 1. The third-order valence-corrected chi connectivity index (χ3v) is 3.61. The minimum Gasteiger partial charge on any atom is -0.384 e. The van der Waals surface area contributed by atoms with Crippen LogP contribution in [0.1, 0.15) is 20.8 Å². The van der Waals surface area contributed by atoms with Crippen molar-refractivity contribution in [3.05, 3.63) is 18.3 Å². The monoisotopic (exact) mass is 310 g/mol. The number of amides is 2. The molecular formula is C14H22N4O2S. The minimum atomic E-state index is -0.139. The molecule has 7 heteroatoms. The highest BCUT2D eigenvalue weighted by Crippen LogP contribution is 2.17. The Labute approximate surface area is 129 Å². The van der Waals surface area contributed by atoms with Gasteiger partial charge in [-0.25, -0.2) is 4.98 Å². The van der Waals surface area contributed by atoms with Gasteiger partial charge < -0.3 is 16.0 Å². The Morgan fingerprint density at radius 1 is 1.43 bits per heavy atom. The molecule has 6 nitrogen and oxygen atoms in total. The molecule has 0 spiro atoms. The molecule has 0 fully saturated rings. The van der Waals surface area contributed by atoms with Gasteiger partial charge in [-0.2, -0.15) is 0 Å². The van der Waals surface area contributed by atoms with Crippen molar-refractivity contribution in [3.63, 3.8) is 0 Å². The Balaban J connectivity index is 2.47. The van der Waals surface area contributed by atoms with Crippen LogP contribution >= 0.6 is 11.8 Å². The van der Waals surface area contributed by atoms with E-state index in [1.807, 2.05) is 26.8 Å². The van der Waals surface area contributed by atoms with Crippen molar-refractivity contribution in [2.45, 2.75) is 31.7 Å². The second-order valence-corrected chi connectivity index (χ2v) is 5.89. The van der Waals surface area contributed by atoms with Crippen LogP contribution in [0.15, 0.2) is 23.2 Å². The summed E-state index contributed by atoms with van der Waals surface area (Å²) in [7, 11) is 0. The molecule has 3 N–H and O–H groups in total. The number of carbonyl (C=O) groups is 2. The van der Waals surface area contributed by atoms with Gasteiger partial charge in [0.25, 0.3) is 0 Å². The van der Waals surface area contributed by atoms with Gasteiger partial charge in [0, 0.05) is 23.7 Å². The Hall–Kier alpha value is -1.76. The van der Waals surface area contributed by atoms with Crippen molar-refractivity contribution in [3.8, 4) is 0 Å². The first-order valence-electron chi connectivity index (χ1n) is 6.83. The van der Waals surface area contributed by atoms with Gasteiger partial charge in [-0.05, 0) is 32.9 Å². The average molecular weight is 310 g/mol. The summed E-state index contributed by atoms with van der Waals surface area (Å²) in [5.41, 5.74) is 5.51. The summed E-state index contributed by atoms with van der Waals surface area (Å²) in [6.07, 6.45) is 1.63. The molecule has 0 unspecified atom stereocenters. The number of thioether (sulfide) groups is 1. The molecule has 0 aromatic carbocycles. The maximum atomic E-state index is 12.1. The number of pyridine rings is 1. The molecule has 1 rings (SSSR count). The molecule has 0 aliphatic rings. The lowest BCUT2D eigenvalue weighted by Gasteiger charge is -2.21. The molecule has 0 bridgehead atoms. The van der Waals surface area contributed by atoms with Crippen molar-refractivity contribution >= 4 is 29.4 Å². The van der Waals surface area contributed by atoms with Gasteiger partial charge in [-0.3, -0.25) is 9.59 Å².